The highest BCUT2D eigenvalue weighted by molar-refractivity contribution is 5.01. The van der Waals surface area contributed by atoms with Crippen molar-refractivity contribution in [2.45, 2.75) is 50.5 Å². The second-order valence-electron chi connectivity index (χ2n) is 5.06. The van der Waals surface area contributed by atoms with Gasteiger partial charge in [-0.15, -0.1) is 10.2 Å². The van der Waals surface area contributed by atoms with E-state index < -0.39 is 0 Å². The number of hydrogen-bond acceptors (Lipinski definition) is 3. The van der Waals surface area contributed by atoms with Crippen LogP contribution in [-0.2, 0) is 0 Å². The molecule has 1 saturated carbocycles. The summed E-state index contributed by atoms with van der Waals surface area (Å²) in [6, 6.07) is 0.680. The van der Waals surface area contributed by atoms with Gasteiger partial charge in [0.05, 0.1) is 0 Å². The fraction of sp³-hybridized carbons (Fsp3) is 0.833. The van der Waals surface area contributed by atoms with Gasteiger partial charge in [-0.25, -0.2) is 0 Å². The van der Waals surface area contributed by atoms with E-state index in [-0.39, 0.29) is 0 Å². The minimum absolute atomic E-state index is 0.629. The average molecular weight is 220 g/mol. The molecule has 4 nitrogen and oxygen atoms in total. The second-order valence-corrected chi connectivity index (χ2v) is 5.06. The average Bonchev–Trinajstić information content (AvgIpc) is 3.01. The van der Waals surface area contributed by atoms with E-state index in [1.807, 2.05) is 6.33 Å². The summed E-state index contributed by atoms with van der Waals surface area (Å²) in [7, 11) is 0. The highest BCUT2D eigenvalue weighted by Crippen LogP contribution is 2.33. The van der Waals surface area contributed by atoms with E-state index in [4.69, 9.17) is 0 Å². The molecule has 16 heavy (non-hydrogen) atoms. The molecule has 4 heteroatoms. The Morgan fingerprint density at radius 2 is 1.88 bits per heavy atom. The molecule has 0 bridgehead atoms. The summed E-state index contributed by atoms with van der Waals surface area (Å²) in [4.78, 5) is 0. The molecule has 88 valence electrons. The highest BCUT2D eigenvalue weighted by Gasteiger charge is 2.25. The maximum Gasteiger partial charge on any atom is 0.136 e. The third kappa shape index (κ3) is 1.86. The second kappa shape index (κ2) is 4.53. The van der Waals surface area contributed by atoms with Crippen LogP contribution in [0.5, 0.6) is 0 Å². The molecule has 0 amide bonds. The van der Waals surface area contributed by atoms with Crippen molar-refractivity contribution in [3.8, 4) is 0 Å². The molecule has 1 saturated heterocycles. The summed E-state index contributed by atoms with van der Waals surface area (Å²) in [6.07, 6.45) is 9.75. The molecule has 1 N–H and O–H groups in total. The van der Waals surface area contributed by atoms with E-state index in [2.05, 4.69) is 20.1 Å². The first-order valence-electron chi connectivity index (χ1n) is 6.55. The minimum Gasteiger partial charge on any atom is -0.317 e. The number of nitrogens with zero attached hydrogens (tertiary/aromatic N) is 3. The summed E-state index contributed by atoms with van der Waals surface area (Å²) in [5.74, 6) is 1.87. The lowest BCUT2D eigenvalue weighted by atomic mass is 9.97. The fourth-order valence-corrected chi connectivity index (χ4v) is 3.09. The Balaban J connectivity index is 1.80. The van der Waals surface area contributed by atoms with Crippen molar-refractivity contribution in [2.75, 3.05) is 13.1 Å². The molecule has 0 spiro atoms. The highest BCUT2D eigenvalue weighted by atomic mass is 15.3. The number of aromatic nitrogens is 3. The van der Waals surface area contributed by atoms with Crippen molar-refractivity contribution in [1.82, 2.24) is 20.1 Å². The van der Waals surface area contributed by atoms with Crippen LogP contribution < -0.4 is 5.32 Å². The zero-order valence-corrected chi connectivity index (χ0v) is 9.73. The maximum atomic E-state index is 4.37. The third-order valence-corrected chi connectivity index (χ3v) is 4.02. The summed E-state index contributed by atoms with van der Waals surface area (Å²) in [5, 5.41) is 11.9. The van der Waals surface area contributed by atoms with Crippen LogP contribution in [0.4, 0.5) is 0 Å². The normalized spacial score (nSPS) is 24.0. The van der Waals surface area contributed by atoms with Crippen molar-refractivity contribution in [3.63, 3.8) is 0 Å². The Morgan fingerprint density at radius 3 is 2.62 bits per heavy atom. The van der Waals surface area contributed by atoms with E-state index in [1.165, 1.54) is 44.3 Å². The quantitative estimate of drug-likeness (QED) is 0.827. The molecule has 0 aromatic carbocycles. The third-order valence-electron chi connectivity index (χ3n) is 4.02. The summed E-state index contributed by atoms with van der Waals surface area (Å²) >= 11 is 0. The first-order chi connectivity index (χ1) is 7.95. The van der Waals surface area contributed by atoms with E-state index in [0.717, 1.165) is 13.1 Å². The van der Waals surface area contributed by atoms with Gasteiger partial charge in [-0.05, 0) is 38.8 Å². The van der Waals surface area contributed by atoms with Crippen molar-refractivity contribution < 1.29 is 0 Å². The van der Waals surface area contributed by atoms with Gasteiger partial charge >= 0.3 is 0 Å². The number of nitrogens with one attached hydrogen (secondary N) is 1. The van der Waals surface area contributed by atoms with Gasteiger partial charge in [0.25, 0.3) is 0 Å². The molecule has 1 aliphatic carbocycles. The topological polar surface area (TPSA) is 42.7 Å². The first-order valence-corrected chi connectivity index (χ1v) is 6.55. The maximum absolute atomic E-state index is 4.37. The van der Waals surface area contributed by atoms with Crippen LogP contribution in [0.25, 0.3) is 0 Å². The van der Waals surface area contributed by atoms with Crippen molar-refractivity contribution in [1.29, 1.82) is 0 Å². The fourth-order valence-electron chi connectivity index (χ4n) is 3.09. The van der Waals surface area contributed by atoms with Gasteiger partial charge in [0.2, 0.25) is 0 Å². The molecule has 1 aromatic rings. The van der Waals surface area contributed by atoms with Gasteiger partial charge in [0.15, 0.2) is 0 Å². The molecule has 0 radical (unpaired) electrons. The van der Waals surface area contributed by atoms with Crippen LogP contribution in [-0.4, -0.2) is 27.9 Å². The van der Waals surface area contributed by atoms with E-state index >= 15 is 0 Å². The molecule has 0 atom stereocenters. The molecule has 2 heterocycles. The van der Waals surface area contributed by atoms with Crippen LogP contribution in [0, 0.1) is 0 Å². The molecule has 0 unspecified atom stereocenters. The molecule has 1 aliphatic heterocycles. The lowest BCUT2D eigenvalue weighted by Gasteiger charge is -2.24. The Bertz CT molecular complexity index is 335. The van der Waals surface area contributed by atoms with Crippen LogP contribution >= 0.6 is 0 Å². The molecule has 1 aromatic heterocycles. The Hall–Kier alpha value is -0.900. The zero-order chi connectivity index (χ0) is 10.8. The predicted molar refractivity (Wildman–Crippen MR) is 62.4 cm³/mol. The smallest absolute Gasteiger partial charge is 0.136 e. The largest absolute Gasteiger partial charge is 0.317 e. The molecule has 2 aliphatic rings. The Morgan fingerprint density at radius 1 is 1.12 bits per heavy atom. The Kier molecular flexibility index (Phi) is 2.91. The molecule has 3 rings (SSSR count). The standard InChI is InChI=1S/C12H20N4/c1-2-4-11(3-1)16-9-14-15-12(16)10-5-7-13-8-6-10/h9-11,13H,1-8H2. The number of hydrogen-bond donors (Lipinski definition) is 1. The van der Waals surface area contributed by atoms with E-state index in [0.29, 0.717) is 12.0 Å². The van der Waals surface area contributed by atoms with Crippen molar-refractivity contribution in [3.05, 3.63) is 12.2 Å². The minimum atomic E-state index is 0.629. The Labute approximate surface area is 96.4 Å². The van der Waals surface area contributed by atoms with Crippen LogP contribution in [0.15, 0.2) is 6.33 Å². The van der Waals surface area contributed by atoms with Crippen LogP contribution in [0.3, 0.4) is 0 Å². The van der Waals surface area contributed by atoms with Crippen molar-refractivity contribution >= 4 is 0 Å². The van der Waals surface area contributed by atoms with Crippen LogP contribution in [0.1, 0.15) is 56.3 Å². The summed E-state index contributed by atoms with van der Waals surface area (Å²) < 4.78 is 2.36. The van der Waals surface area contributed by atoms with Gasteiger partial charge in [-0.2, -0.15) is 0 Å². The lowest BCUT2D eigenvalue weighted by Crippen LogP contribution is -2.28. The number of rotatable bonds is 2. The van der Waals surface area contributed by atoms with Crippen molar-refractivity contribution in [2.24, 2.45) is 0 Å². The van der Waals surface area contributed by atoms with Gasteiger partial charge in [0, 0.05) is 12.0 Å². The number of piperidine rings is 1. The predicted octanol–water partition coefficient (Wildman–Crippen LogP) is 1.86. The van der Waals surface area contributed by atoms with E-state index in [1.54, 1.807) is 0 Å². The first kappa shape index (κ1) is 10.3. The zero-order valence-electron chi connectivity index (χ0n) is 9.73. The van der Waals surface area contributed by atoms with Gasteiger partial charge in [0.1, 0.15) is 12.2 Å². The molecule has 2 fully saturated rings. The molecular weight excluding hydrogens is 200 g/mol. The van der Waals surface area contributed by atoms with Crippen LogP contribution in [0.2, 0.25) is 0 Å². The van der Waals surface area contributed by atoms with Gasteiger partial charge in [-0.3, -0.25) is 0 Å². The molecular formula is C12H20N4. The van der Waals surface area contributed by atoms with Gasteiger partial charge in [-0.1, -0.05) is 12.8 Å². The monoisotopic (exact) mass is 220 g/mol. The van der Waals surface area contributed by atoms with Gasteiger partial charge < -0.3 is 9.88 Å². The SMILES string of the molecule is c1nnc(C2CCNCC2)n1C1CCCC1. The summed E-state index contributed by atoms with van der Waals surface area (Å²) in [5.41, 5.74) is 0. The lowest BCUT2D eigenvalue weighted by molar-refractivity contribution is 0.407. The van der Waals surface area contributed by atoms with E-state index in [9.17, 15) is 0 Å². The summed E-state index contributed by atoms with van der Waals surface area (Å²) in [6.45, 7) is 2.25.